The van der Waals surface area contributed by atoms with Crippen molar-refractivity contribution in [1.82, 2.24) is 19.3 Å². The molecule has 0 bridgehead atoms. The van der Waals surface area contributed by atoms with Gasteiger partial charge in [0.25, 0.3) is 0 Å². The van der Waals surface area contributed by atoms with E-state index < -0.39 is 15.8 Å². The second-order valence-electron chi connectivity index (χ2n) is 11.5. The summed E-state index contributed by atoms with van der Waals surface area (Å²) in [7, 11) is -1.64. The third-order valence-corrected chi connectivity index (χ3v) is 11.1. The Bertz CT molecular complexity index is 1300. The van der Waals surface area contributed by atoms with E-state index in [1.54, 1.807) is 25.1 Å². The maximum atomic E-state index is 14.0. The maximum absolute atomic E-state index is 14.0. The van der Waals surface area contributed by atoms with E-state index in [2.05, 4.69) is 17.1 Å². The first-order valence-corrected chi connectivity index (χ1v) is 16.1. The van der Waals surface area contributed by atoms with Gasteiger partial charge < -0.3 is 14.3 Å². The molecule has 40 heavy (non-hydrogen) atoms. The van der Waals surface area contributed by atoms with Crippen molar-refractivity contribution < 1.29 is 22.1 Å². The predicted octanol–water partition coefficient (Wildman–Crippen LogP) is 4.95. The molecule has 1 saturated carbocycles. The monoisotopic (exact) mass is 572 g/mol. The molecule has 3 heterocycles. The van der Waals surface area contributed by atoms with Gasteiger partial charge in [0.1, 0.15) is 11.5 Å². The summed E-state index contributed by atoms with van der Waals surface area (Å²) in [5, 5.41) is 3.87. The Hall–Kier alpha value is -2.56. The van der Waals surface area contributed by atoms with Crippen molar-refractivity contribution in [3.05, 3.63) is 47.1 Å². The number of nitrogens with zero attached hydrogens (tertiary/aromatic N) is 4. The van der Waals surface area contributed by atoms with Crippen molar-refractivity contribution >= 4 is 28.1 Å². The van der Waals surface area contributed by atoms with Crippen molar-refractivity contribution in [2.24, 2.45) is 5.92 Å². The fourth-order valence-corrected chi connectivity index (χ4v) is 8.30. The number of carbonyl (C=O) groups is 1. The number of hydrogen-bond acceptors (Lipinski definition) is 6. The van der Waals surface area contributed by atoms with Gasteiger partial charge in [0.2, 0.25) is 15.9 Å². The van der Waals surface area contributed by atoms with Gasteiger partial charge in [-0.2, -0.15) is 4.31 Å². The summed E-state index contributed by atoms with van der Waals surface area (Å²) in [6.45, 7) is 3.66. The van der Waals surface area contributed by atoms with Crippen molar-refractivity contribution in [3.8, 4) is 0 Å². The quantitative estimate of drug-likeness (QED) is 0.467. The molecule has 3 fully saturated rings. The van der Waals surface area contributed by atoms with E-state index in [9.17, 15) is 17.6 Å². The van der Waals surface area contributed by atoms with Gasteiger partial charge in [0.15, 0.2) is 10.7 Å². The van der Waals surface area contributed by atoms with Crippen molar-refractivity contribution in [1.29, 1.82) is 0 Å². The highest BCUT2D eigenvalue weighted by molar-refractivity contribution is 7.89. The Morgan fingerprint density at radius 1 is 0.975 bits per heavy atom. The zero-order valence-electron chi connectivity index (χ0n) is 23.6. The fraction of sp³-hybridized carbons (Fsp3) is 0.600. The lowest BCUT2D eigenvalue weighted by molar-refractivity contribution is -0.138. The minimum atomic E-state index is -3.89. The zero-order chi connectivity index (χ0) is 28.3. The van der Waals surface area contributed by atoms with Crippen LogP contribution in [0.3, 0.4) is 0 Å². The Kier molecular flexibility index (Phi) is 9.07. The Balaban J connectivity index is 1.17. The summed E-state index contributed by atoms with van der Waals surface area (Å²) >= 11 is 0. The van der Waals surface area contributed by atoms with Crippen LogP contribution < -0.4 is 0 Å². The Morgan fingerprint density at radius 2 is 1.62 bits per heavy atom. The van der Waals surface area contributed by atoms with Crippen LogP contribution in [-0.4, -0.2) is 78.9 Å². The standard InChI is InChI=1S/C30H41FN4O4S/c1-22-29(28(39-32-22)13-12-23-8-6-7-11-27(23)31)40(37,38)35-20-14-24(15-21-35)30(36)34-18-16-26(17-19-34)33(2)25-9-4-3-5-10-25/h6-8,11-13,24-26H,3-5,9-10,14-21H2,1-2H3/b13-12+. The minimum Gasteiger partial charge on any atom is -0.355 e. The molecule has 1 aromatic heterocycles. The number of hydrogen-bond donors (Lipinski definition) is 0. The lowest BCUT2D eigenvalue weighted by atomic mass is 9.91. The number of halogens is 1. The van der Waals surface area contributed by atoms with Gasteiger partial charge in [0.05, 0.1) is 0 Å². The number of amides is 1. The van der Waals surface area contributed by atoms with E-state index in [0.29, 0.717) is 30.5 Å². The molecule has 0 N–H and O–H groups in total. The molecule has 0 spiro atoms. The van der Waals surface area contributed by atoms with E-state index in [1.165, 1.54) is 54.6 Å². The summed E-state index contributed by atoms with van der Waals surface area (Å²) in [6.07, 6.45) is 12.5. The minimum absolute atomic E-state index is 0.00553. The molecule has 218 valence electrons. The summed E-state index contributed by atoms with van der Waals surface area (Å²) < 4.78 is 47.9. The zero-order valence-corrected chi connectivity index (χ0v) is 24.4. The SMILES string of the molecule is Cc1noc(/C=C/c2ccccc2F)c1S(=O)(=O)N1CCC(C(=O)N2CCC(N(C)C3CCCCC3)CC2)CC1. The van der Waals surface area contributed by atoms with Crippen molar-refractivity contribution in [2.75, 3.05) is 33.2 Å². The average Bonchev–Trinajstić information content (AvgIpc) is 3.37. The van der Waals surface area contributed by atoms with Gasteiger partial charge in [0, 0.05) is 49.7 Å². The molecular weight excluding hydrogens is 531 g/mol. The summed E-state index contributed by atoms with van der Waals surface area (Å²) in [5.74, 6) is -0.347. The highest BCUT2D eigenvalue weighted by Gasteiger charge is 2.38. The molecule has 10 heteroatoms. The Labute approximate surface area is 237 Å². The molecule has 1 amide bonds. The highest BCUT2D eigenvalue weighted by atomic mass is 32.2. The number of sulfonamides is 1. The number of likely N-dealkylation sites (tertiary alicyclic amines) is 1. The van der Waals surface area contributed by atoms with Gasteiger partial charge in [-0.25, -0.2) is 12.8 Å². The van der Waals surface area contributed by atoms with Gasteiger partial charge >= 0.3 is 0 Å². The van der Waals surface area contributed by atoms with Crippen LogP contribution in [-0.2, 0) is 14.8 Å². The van der Waals surface area contributed by atoms with Crippen LogP contribution in [0.5, 0.6) is 0 Å². The van der Waals surface area contributed by atoms with Gasteiger partial charge in [-0.1, -0.05) is 42.6 Å². The average molecular weight is 573 g/mol. The van der Waals surface area contributed by atoms with E-state index in [1.807, 2.05) is 4.90 Å². The van der Waals surface area contributed by atoms with E-state index in [4.69, 9.17) is 4.52 Å². The summed E-state index contributed by atoms with van der Waals surface area (Å²) in [6, 6.07) is 7.45. The molecule has 1 aliphatic carbocycles. The first-order chi connectivity index (χ1) is 19.3. The largest absolute Gasteiger partial charge is 0.355 e. The topological polar surface area (TPSA) is 87.0 Å². The number of piperidine rings is 2. The number of carbonyl (C=O) groups excluding carboxylic acids is 1. The second-order valence-corrected chi connectivity index (χ2v) is 13.4. The first kappa shape index (κ1) is 29.0. The molecule has 0 unspecified atom stereocenters. The van der Waals surface area contributed by atoms with Crippen LogP contribution in [0.25, 0.3) is 12.2 Å². The summed E-state index contributed by atoms with van der Waals surface area (Å²) in [4.78, 5) is 17.9. The predicted molar refractivity (Wildman–Crippen MR) is 152 cm³/mol. The highest BCUT2D eigenvalue weighted by Crippen LogP contribution is 2.31. The molecule has 8 nitrogen and oxygen atoms in total. The number of rotatable bonds is 7. The lowest BCUT2D eigenvalue weighted by Crippen LogP contribution is -2.51. The van der Waals surface area contributed by atoms with E-state index in [0.717, 1.165) is 25.9 Å². The molecule has 1 aromatic carbocycles. The first-order valence-electron chi connectivity index (χ1n) is 14.7. The molecule has 2 aliphatic heterocycles. The number of aryl methyl sites for hydroxylation is 1. The van der Waals surface area contributed by atoms with Crippen molar-refractivity contribution in [2.45, 2.75) is 81.7 Å². The fourth-order valence-electron chi connectivity index (χ4n) is 6.58. The van der Waals surface area contributed by atoms with Crippen LogP contribution in [0.2, 0.25) is 0 Å². The lowest BCUT2D eigenvalue weighted by Gasteiger charge is -2.42. The Morgan fingerprint density at radius 3 is 2.30 bits per heavy atom. The molecule has 2 aromatic rings. The van der Waals surface area contributed by atoms with Gasteiger partial charge in [-0.3, -0.25) is 4.79 Å². The van der Waals surface area contributed by atoms with Crippen LogP contribution in [0.4, 0.5) is 4.39 Å². The van der Waals surface area contributed by atoms with Crippen LogP contribution >= 0.6 is 0 Å². The van der Waals surface area contributed by atoms with E-state index in [-0.39, 0.29) is 41.3 Å². The molecular formula is C30H41FN4O4S. The van der Waals surface area contributed by atoms with E-state index >= 15 is 0 Å². The van der Waals surface area contributed by atoms with Crippen LogP contribution in [0, 0.1) is 18.7 Å². The second kappa shape index (κ2) is 12.5. The normalized spacial score (nSPS) is 21.1. The third-order valence-electron chi connectivity index (χ3n) is 9.06. The maximum Gasteiger partial charge on any atom is 0.248 e. The summed E-state index contributed by atoms with van der Waals surface area (Å²) in [5.41, 5.74) is 0.580. The number of benzene rings is 1. The smallest absolute Gasteiger partial charge is 0.248 e. The van der Waals surface area contributed by atoms with Gasteiger partial charge in [-0.05, 0) is 70.7 Å². The number of aromatic nitrogens is 1. The molecule has 2 saturated heterocycles. The van der Waals surface area contributed by atoms with Crippen LogP contribution in [0.1, 0.15) is 74.8 Å². The van der Waals surface area contributed by atoms with Gasteiger partial charge in [-0.15, -0.1) is 0 Å². The molecule has 3 aliphatic rings. The molecule has 0 radical (unpaired) electrons. The molecule has 5 rings (SSSR count). The third kappa shape index (κ3) is 6.19. The van der Waals surface area contributed by atoms with Crippen molar-refractivity contribution in [3.63, 3.8) is 0 Å². The van der Waals surface area contributed by atoms with Crippen LogP contribution in [0.15, 0.2) is 33.7 Å². The molecule has 0 atom stereocenters.